The van der Waals surface area contributed by atoms with Crippen LogP contribution in [0, 0.1) is 5.92 Å². The minimum Gasteiger partial charge on any atom is -0.368 e. The molecule has 0 radical (unpaired) electrons. The summed E-state index contributed by atoms with van der Waals surface area (Å²) < 4.78 is 40.1. The molecule has 0 aromatic rings. The summed E-state index contributed by atoms with van der Waals surface area (Å²) in [6, 6.07) is 0. The molecule has 1 fully saturated rings. The minimum absolute atomic E-state index is 0.0214. The molecule has 2 nitrogen and oxygen atoms in total. The maximum atomic E-state index is 11.9. The molecule has 2 atom stereocenters. The van der Waals surface area contributed by atoms with E-state index in [1.165, 1.54) is 0 Å². The molecule has 0 amide bonds. The monoisotopic (exact) mass is 168 g/mol. The van der Waals surface area contributed by atoms with Crippen molar-refractivity contribution in [3.8, 4) is 0 Å². The Balaban J connectivity index is 2.63. The Kier molecular flexibility index (Phi) is 2.17. The van der Waals surface area contributed by atoms with Crippen molar-refractivity contribution in [2.45, 2.75) is 18.7 Å². The molecule has 0 aromatic heterocycles. The van der Waals surface area contributed by atoms with Gasteiger partial charge >= 0.3 is 6.18 Å². The quantitative estimate of drug-likeness (QED) is 0.549. The number of carbonyl (C=O) groups is 1. The molecule has 1 saturated heterocycles. The number of hydrogen-bond acceptors (Lipinski definition) is 2. The van der Waals surface area contributed by atoms with Gasteiger partial charge in [-0.25, -0.2) is 0 Å². The first-order chi connectivity index (χ1) is 5.05. The number of aldehydes is 1. The number of alkyl halides is 3. The first-order valence-electron chi connectivity index (χ1n) is 3.19. The van der Waals surface area contributed by atoms with Crippen molar-refractivity contribution in [3.05, 3.63) is 0 Å². The van der Waals surface area contributed by atoms with Gasteiger partial charge in [0.15, 0.2) is 6.10 Å². The van der Waals surface area contributed by atoms with Gasteiger partial charge in [-0.2, -0.15) is 13.2 Å². The summed E-state index contributed by atoms with van der Waals surface area (Å²) in [6.07, 6.45) is -5.79. The van der Waals surface area contributed by atoms with Crippen LogP contribution in [0.4, 0.5) is 13.2 Å². The molecule has 1 rings (SSSR count). The minimum atomic E-state index is -4.40. The zero-order valence-electron chi connectivity index (χ0n) is 5.60. The summed E-state index contributed by atoms with van der Waals surface area (Å²) in [7, 11) is 0. The Labute approximate surface area is 61.3 Å². The molecular formula is C6H7F3O2. The van der Waals surface area contributed by atoms with Gasteiger partial charge in [0.1, 0.15) is 6.29 Å². The van der Waals surface area contributed by atoms with Crippen molar-refractivity contribution >= 4 is 6.29 Å². The second kappa shape index (κ2) is 2.81. The van der Waals surface area contributed by atoms with Crippen LogP contribution in [-0.2, 0) is 9.53 Å². The Morgan fingerprint density at radius 2 is 2.09 bits per heavy atom. The lowest BCUT2D eigenvalue weighted by Crippen LogP contribution is -2.34. The van der Waals surface area contributed by atoms with Gasteiger partial charge in [0, 0.05) is 6.61 Å². The maximum Gasteiger partial charge on any atom is 0.415 e. The van der Waals surface area contributed by atoms with Gasteiger partial charge in [0.25, 0.3) is 0 Å². The number of halogens is 3. The summed E-state index contributed by atoms with van der Waals surface area (Å²) in [4.78, 5) is 10.1. The van der Waals surface area contributed by atoms with Crippen molar-refractivity contribution < 1.29 is 22.7 Å². The van der Waals surface area contributed by atoms with Gasteiger partial charge in [-0.15, -0.1) is 0 Å². The van der Waals surface area contributed by atoms with Crippen LogP contribution in [0.25, 0.3) is 0 Å². The highest BCUT2D eigenvalue weighted by atomic mass is 19.4. The molecule has 0 N–H and O–H groups in total. The van der Waals surface area contributed by atoms with Gasteiger partial charge in [-0.3, -0.25) is 0 Å². The molecule has 0 bridgehead atoms. The van der Waals surface area contributed by atoms with E-state index in [9.17, 15) is 18.0 Å². The van der Waals surface area contributed by atoms with Crippen molar-refractivity contribution in [3.63, 3.8) is 0 Å². The Bertz CT molecular complexity index is 154. The predicted molar refractivity (Wildman–Crippen MR) is 30.0 cm³/mol. The van der Waals surface area contributed by atoms with Crippen LogP contribution >= 0.6 is 0 Å². The van der Waals surface area contributed by atoms with Crippen LogP contribution in [0.1, 0.15) is 6.42 Å². The highest BCUT2D eigenvalue weighted by molar-refractivity contribution is 5.55. The third kappa shape index (κ3) is 1.71. The third-order valence-corrected chi connectivity index (χ3v) is 1.63. The smallest absolute Gasteiger partial charge is 0.368 e. The van der Waals surface area contributed by atoms with Crippen LogP contribution in [-0.4, -0.2) is 25.2 Å². The average molecular weight is 168 g/mol. The molecule has 64 valence electrons. The molecule has 0 spiro atoms. The van der Waals surface area contributed by atoms with Crippen LogP contribution in [0.2, 0.25) is 0 Å². The molecule has 11 heavy (non-hydrogen) atoms. The largest absolute Gasteiger partial charge is 0.415 e. The summed E-state index contributed by atoms with van der Waals surface area (Å²) >= 11 is 0. The van der Waals surface area contributed by atoms with Crippen molar-refractivity contribution in [2.75, 3.05) is 6.61 Å². The zero-order chi connectivity index (χ0) is 8.48. The number of ether oxygens (including phenoxy) is 1. The number of rotatable bonds is 1. The first-order valence-corrected chi connectivity index (χ1v) is 3.19. The lowest BCUT2D eigenvalue weighted by Gasteiger charge is -2.16. The van der Waals surface area contributed by atoms with Gasteiger partial charge in [-0.05, 0) is 6.42 Å². The van der Waals surface area contributed by atoms with Gasteiger partial charge in [0.2, 0.25) is 0 Å². The third-order valence-electron chi connectivity index (χ3n) is 1.63. The molecule has 1 aliphatic rings. The zero-order valence-corrected chi connectivity index (χ0v) is 5.60. The predicted octanol–water partition coefficient (Wildman–Crippen LogP) is 1.15. The van der Waals surface area contributed by atoms with Crippen molar-refractivity contribution in [1.82, 2.24) is 0 Å². The lowest BCUT2D eigenvalue weighted by molar-refractivity contribution is -0.214. The molecule has 1 heterocycles. The highest BCUT2D eigenvalue weighted by Gasteiger charge is 2.48. The van der Waals surface area contributed by atoms with E-state index in [-0.39, 0.29) is 13.0 Å². The van der Waals surface area contributed by atoms with E-state index in [2.05, 4.69) is 4.74 Å². The first kappa shape index (κ1) is 8.52. The Morgan fingerprint density at radius 1 is 1.45 bits per heavy atom. The maximum absolute atomic E-state index is 11.9. The Hall–Kier alpha value is -0.580. The van der Waals surface area contributed by atoms with Gasteiger partial charge in [0.05, 0.1) is 5.92 Å². The van der Waals surface area contributed by atoms with Gasteiger partial charge in [-0.1, -0.05) is 0 Å². The van der Waals surface area contributed by atoms with E-state index in [0.717, 1.165) is 0 Å². The number of carbonyl (C=O) groups excluding carboxylic acids is 1. The molecule has 0 saturated carbocycles. The molecule has 0 aliphatic carbocycles. The Morgan fingerprint density at radius 3 is 2.45 bits per heavy atom. The molecule has 5 heteroatoms. The van der Waals surface area contributed by atoms with Crippen molar-refractivity contribution in [1.29, 1.82) is 0 Å². The summed E-state index contributed by atoms with van der Waals surface area (Å²) in [5.74, 6) is -1.00. The topological polar surface area (TPSA) is 26.3 Å². The van der Waals surface area contributed by atoms with Crippen LogP contribution in [0.3, 0.4) is 0 Å². The normalized spacial score (nSPS) is 32.3. The fourth-order valence-corrected chi connectivity index (χ4v) is 1.08. The van der Waals surface area contributed by atoms with Crippen molar-refractivity contribution in [2.24, 2.45) is 5.92 Å². The summed E-state index contributed by atoms with van der Waals surface area (Å²) in [5, 5.41) is 0. The van der Waals surface area contributed by atoms with E-state index in [0.29, 0.717) is 6.29 Å². The van der Waals surface area contributed by atoms with Crippen LogP contribution < -0.4 is 0 Å². The molecule has 0 aromatic carbocycles. The summed E-state index contributed by atoms with van der Waals surface area (Å²) in [5.41, 5.74) is 0. The van der Waals surface area contributed by atoms with Gasteiger partial charge < -0.3 is 9.53 Å². The summed E-state index contributed by atoms with van der Waals surface area (Å²) in [6.45, 7) is 0.0214. The molecule has 0 unspecified atom stereocenters. The average Bonchev–Trinajstić information content (AvgIpc) is 2.31. The van der Waals surface area contributed by atoms with E-state index < -0.39 is 18.2 Å². The van der Waals surface area contributed by atoms with Crippen LogP contribution in [0.15, 0.2) is 0 Å². The molecule has 1 aliphatic heterocycles. The van der Waals surface area contributed by atoms with E-state index in [1.54, 1.807) is 0 Å². The van der Waals surface area contributed by atoms with E-state index in [1.807, 2.05) is 0 Å². The standard InChI is InChI=1S/C6H7F3O2/c7-6(8,9)5-4(3-10)1-2-11-5/h3-5H,1-2H2/t4-,5+/m0/s1. The van der Waals surface area contributed by atoms with E-state index in [4.69, 9.17) is 0 Å². The fourth-order valence-electron chi connectivity index (χ4n) is 1.08. The second-order valence-corrected chi connectivity index (χ2v) is 2.42. The molecular weight excluding hydrogens is 161 g/mol. The second-order valence-electron chi connectivity index (χ2n) is 2.42. The fraction of sp³-hybridized carbons (Fsp3) is 0.833. The SMILES string of the molecule is O=C[C@@H]1CCO[C@H]1C(F)(F)F. The van der Waals surface area contributed by atoms with E-state index >= 15 is 0 Å². The highest BCUT2D eigenvalue weighted by Crippen LogP contribution is 2.33. The lowest BCUT2D eigenvalue weighted by atomic mass is 10.0. The number of hydrogen-bond donors (Lipinski definition) is 0. The van der Waals surface area contributed by atoms with Crippen LogP contribution in [0.5, 0.6) is 0 Å².